The highest BCUT2D eigenvalue weighted by Crippen LogP contribution is 2.33. The number of nitrogens with zero attached hydrogens (tertiary/aromatic N) is 2. The molecule has 1 atom stereocenters. The second-order valence-corrected chi connectivity index (χ2v) is 4.24. The first-order valence-corrected chi connectivity index (χ1v) is 5.84. The zero-order valence-corrected chi connectivity index (χ0v) is 9.44. The average molecular weight is 237 g/mol. The smallest absolute Gasteiger partial charge is 0.212 e. The van der Waals surface area contributed by atoms with Crippen LogP contribution in [0.3, 0.4) is 0 Å². The van der Waals surface area contributed by atoms with Crippen molar-refractivity contribution < 1.29 is 10.1 Å². The van der Waals surface area contributed by atoms with Crippen LogP contribution >= 0.6 is 11.8 Å². The van der Waals surface area contributed by atoms with Crippen LogP contribution in [0.2, 0.25) is 0 Å². The van der Waals surface area contributed by atoms with Gasteiger partial charge in [-0.3, -0.25) is 10.1 Å². The zero-order chi connectivity index (χ0) is 11.6. The Hall–Kier alpha value is -1.37. The van der Waals surface area contributed by atoms with Gasteiger partial charge in [-0.1, -0.05) is 35.5 Å². The van der Waals surface area contributed by atoms with E-state index < -0.39 is 4.87 Å². The van der Waals surface area contributed by atoms with E-state index in [1.54, 1.807) is 6.26 Å². The topological polar surface area (TPSA) is 68.9 Å². The van der Waals surface area contributed by atoms with Crippen molar-refractivity contribution >= 4 is 23.7 Å². The summed E-state index contributed by atoms with van der Waals surface area (Å²) in [6, 6.07) is 9.34. The van der Waals surface area contributed by atoms with Gasteiger partial charge in [-0.25, -0.2) is 0 Å². The highest BCUT2D eigenvalue weighted by molar-refractivity contribution is 8.01. The number of hydrogen-bond donors (Lipinski definition) is 2. The lowest BCUT2D eigenvalue weighted by Crippen LogP contribution is -2.46. The van der Waals surface area contributed by atoms with E-state index in [1.807, 2.05) is 30.3 Å². The molecular weight excluding hydrogens is 226 g/mol. The van der Waals surface area contributed by atoms with E-state index in [9.17, 15) is 5.21 Å². The molecule has 0 amide bonds. The Balaban J connectivity index is 2.46. The molecule has 6 heteroatoms. The molecule has 0 fully saturated rings. The third kappa shape index (κ3) is 1.51. The van der Waals surface area contributed by atoms with Crippen molar-refractivity contribution in [2.24, 2.45) is 5.16 Å². The lowest BCUT2D eigenvalue weighted by molar-refractivity contribution is -0.335. The molecule has 0 aromatic heterocycles. The molecule has 0 saturated heterocycles. The summed E-state index contributed by atoms with van der Waals surface area (Å²) in [5, 5.41) is 21.4. The molecule has 1 aliphatic rings. The van der Waals surface area contributed by atoms with Crippen LogP contribution in [0.15, 0.2) is 35.5 Å². The van der Waals surface area contributed by atoms with E-state index in [0.29, 0.717) is 10.9 Å². The minimum absolute atomic E-state index is 0.512. The summed E-state index contributed by atoms with van der Waals surface area (Å²) in [7, 11) is 0. The predicted molar refractivity (Wildman–Crippen MR) is 62.7 cm³/mol. The molecule has 1 heterocycles. The van der Waals surface area contributed by atoms with Crippen molar-refractivity contribution in [1.29, 1.82) is 5.41 Å². The van der Waals surface area contributed by atoms with E-state index in [2.05, 4.69) is 5.16 Å². The van der Waals surface area contributed by atoms with Crippen molar-refractivity contribution in [3.63, 3.8) is 0 Å². The number of benzene rings is 1. The molecule has 16 heavy (non-hydrogen) atoms. The summed E-state index contributed by atoms with van der Waals surface area (Å²) in [5.74, 6) is 0. The quantitative estimate of drug-likeness (QED) is 0.786. The molecular formula is C10H11N3O2S. The van der Waals surface area contributed by atoms with Crippen LogP contribution in [-0.2, 0) is 4.94 Å². The number of nitrogens with one attached hydrogen (secondary N) is 1. The fourth-order valence-electron chi connectivity index (χ4n) is 1.51. The standard InChI is InChI=1S/C10H11N3O2S/c1-16-10(7-11)9(12-15-13(10)14)8-5-3-2-4-6-8/h2-7,11,14H,1H3. The van der Waals surface area contributed by atoms with Gasteiger partial charge < -0.3 is 5.41 Å². The Morgan fingerprint density at radius 1 is 1.50 bits per heavy atom. The Morgan fingerprint density at radius 3 is 2.75 bits per heavy atom. The van der Waals surface area contributed by atoms with Gasteiger partial charge in [-0.2, -0.15) is 0 Å². The fraction of sp³-hybridized carbons (Fsp3) is 0.200. The van der Waals surface area contributed by atoms with Crippen molar-refractivity contribution in [2.75, 3.05) is 6.26 Å². The summed E-state index contributed by atoms with van der Waals surface area (Å²) < 4.78 is 0. The second kappa shape index (κ2) is 4.25. The summed E-state index contributed by atoms with van der Waals surface area (Å²) in [6.07, 6.45) is 2.89. The van der Waals surface area contributed by atoms with Crippen LogP contribution in [0.5, 0.6) is 0 Å². The molecule has 1 unspecified atom stereocenters. The molecule has 5 nitrogen and oxygen atoms in total. The van der Waals surface area contributed by atoms with Gasteiger partial charge in [0.1, 0.15) is 5.71 Å². The van der Waals surface area contributed by atoms with E-state index in [4.69, 9.17) is 10.3 Å². The van der Waals surface area contributed by atoms with Gasteiger partial charge in [0.2, 0.25) is 4.87 Å². The van der Waals surface area contributed by atoms with E-state index in [-0.39, 0.29) is 0 Å². The van der Waals surface area contributed by atoms with Gasteiger partial charge in [0.25, 0.3) is 0 Å². The third-order valence-electron chi connectivity index (χ3n) is 2.39. The molecule has 0 saturated carbocycles. The van der Waals surface area contributed by atoms with Gasteiger partial charge in [-0.15, -0.1) is 11.8 Å². The number of oxime groups is 1. The van der Waals surface area contributed by atoms with Crippen LogP contribution in [0.25, 0.3) is 0 Å². The lowest BCUT2D eigenvalue weighted by atomic mass is 10.0. The van der Waals surface area contributed by atoms with E-state index in [1.165, 1.54) is 11.8 Å². The highest BCUT2D eigenvalue weighted by atomic mass is 32.2. The van der Waals surface area contributed by atoms with Crippen LogP contribution in [-0.4, -0.2) is 33.5 Å². The summed E-state index contributed by atoms with van der Waals surface area (Å²) >= 11 is 1.27. The van der Waals surface area contributed by atoms with Crippen molar-refractivity contribution in [3.05, 3.63) is 35.9 Å². The second-order valence-electron chi connectivity index (χ2n) is 3.21. The monoisotopic (exact) mass is 237 g/mol. The maximum Gasteiger partial charge on any atom is 0.212 e. The normalized spacial score (nSPS) is 25.0. The molecule has 0 radical (unpaired) electrons. The minimum Gasteiger partial charge on any atom is -0.310 e. The summed E-state index contributed by atoms with van der Waals surface area (Å²) in [6.45, 7) is 0. The third-order valence-corrected chi connectivity index (χ3v) is 3.48. The zero-order valence-electron chi connectivity index (χ0n) is 8.62. The Labute approximate surface area is 97.1 Å². The Bertz CT molecular complexity index is 423. The van der Waals surface area contributed by atoms with Gasteiger partial charge in [-0.05, 0) is 6.26 Å². The first-order chi connectivity index (χ1) is 7.74. The van der Waals surface area contributed by atoms with Crippen molar-refractivity contribution in [2.45, 2.75) is 4.87 Å². The fourth-order valence-corrected chi connectivity index (χ4v) is 2.16. The van der Waals surface area contributed by atoms with Crippen LogP contribution in [0, 0.1) is 5.41 Å². The molecule has 1 aromatic carbocycles. The maximum absolute atomic E-state index is 9.60. The van der Waals surface area contributed by atoms with Crippen molar-refractivity contribution in [1.82, 2.24) is 5.23 Å². The number of thioether (sulfide) groups is 1. The van der Waals surface area contributed by atoms with Gasteiger partial charge in [0.05, 0.1) is 0 Å². The molecule has 0 spiro atoms. The number of rotatable bonds is 3. The SMILES string of the molecule is CSC1(C=N)C(c2ccccc2)=NON1O. The van der Waals surface area contributed by atoms with E-state index in [0.717, 1.165) is 11.8 Å². The molecule has 1 aliphatic heterocycles. The van der Waals surface area contributed by atoms with E-state index >= 15 is 0 Å². The predicted octanol–water partition coefficient (Wildman–Crippen LogP) is 1.74. The average Bonchev–Trinajstić information content (AvgIpc) is 2.68. The molecule has 2 N–H and O–H groups in total. The lowest BCUT2D eigenvalue weighted by Gasteiger charge is -2.25. The number of hydrogen-bond acceptors (Lipinski definition) is 6. The molecule has 0 bridgehead atoms. The largest absolute Gasteiger partial charge is 0.310 e. The Morgan fingerprint density at radius 2 is 2.19 bits per heavy atom. The van der Waals surface area contributed by atoms with Gasteiger partial charge >= 0.3 is 0 Å². The molecule has 84 valence electrons. The van der Waals surface area contributed by atoms with Crippen LogP contribution < -0.4 is 0 Å². The van der Waals surface area contributed by atoms with Crippen LogP contribution in [0.1, 0.15) is 5.56 Å². The van der Waals surface area contributed by atoms with Crippen molar-refractivity contribution in [3.8, 4) is 0 Å². The Kier molecular flexibility index (Phi) is 2.95. The number of hydroxylamine groups is 2. The maximum atomic E-state index is 9.60. The first kappa shape index (κ1) is 11.1. The summed E-state index contributed by atoms with van der Waals surface area (Å²) in [4.78, 5) is 3.65. The minimum atomic E-state index is -1.07. The molecule has 0 aliphatic carbocycles. The molecule has 2 rings (SSSR count). The molecule has 1 aromatic rings. The first-order valence-electron chi connectivity index (χ1n) is 4.61. The van der Waals surface area contributed by atoms with Crippen LogP contribution in [0.4, 0.5) is 0 Å². The summed E-state index contributed by atoms with van der Waals surface area (Å²) in [5.41, 5.74) is 1.33. The van der Waals surface area contributed by atoms with Gasteiger partial charge in [0, 0.05) is 17.0 Å². The van der Waals surface area contributed by atoms with Gasteiger partial charge in [0.15, 0.2) is 0 Å². The highest BCUT2D eigenvalue weighted by Gasteiger charge is 2.47.